The molecule has 1 N–H and O–H groups in total. The van der Waals surface area contributed by atoms with Crippen molar-refractivity contribution >= 4 is 5.91 Å². The molecule has 0 aliphatic heterocycles. The maximum absolute atomic E-state index is 12.0. The van der Waals surface area contributed by atoms with Crippen molar-refractivity contribution in [3.63, 3.8) is 0 Å². The average Bonchev–Trinajstić information content (AvgIpc) is 2.90. The Kier molecular flexibility index (Phi) is 4.98. The monoisotopic (exact) mass is 287 g/mol. The minimum atomic E-state index is -0.124. The maximum atomic E-state index is 12.0. The summed E-state index contributed by atoms with van der Waals surface area (Å²) in [5.41, 5.74) is 2.74. The molecule has 0 bridgehead atoms. The Morgan fingerprint density at radius 1 is 1.38 bits per heavy atom. The molecule has 5 nitrogen and oxygen atoms in total. The second-order valence-corrected chi connectivity index (χ2v) is 4.96. The van der Waals surface area contributed by atoms with E-state index in [0.717, 1.165) is 29.9 Å². The molecule has 2 aromatic rings. The van der Waals surface area contributed by atoms with Crippen molar-refractivity contribution in [1.29, 1.82) is 0 Å². The predicted octanol–water partition coefficient (Wildman–Crippen LogP) is 2.45. The topological polar surface area (TPSA) is 56.1 Å². The molecule has 1 aromatic carbocycles. The van der Waals surface area contributed by atoms with Gasteiger partial charge < -0.3 is 10.1 Å². The van der Waals surface area contributed by atoms with E-state index in [2.05, 4.69) is 17.3 Å². The lowest BCUT2D eigenvalue weighted by Gasteiger charge is -2.11. The van der Waals surface area contributed by atoms with Crippen LogP contribution in [0.15, 0.2) is 30.5 Å². The number of benzene rings is 1. The molecular formula is C16H21N3O2. The van der Waals surface area contributed by atoms with Crippen molar-refractivity contribution in [2.75, 3.05) is 6.61 Å². The van der Waals surface area contributed by atoms with Crippen molar-refractivity contribution in [2.45, 2.75) is 26.8 Å². The number of carbonyl (C=O) groups is 1. The molecule has 1 amide bonds. The lowest BCUT2D eigenvalue weighted by molar-refractivity contribution is 0.0941. The zero-order valence-electron chi connectivity index (χ0n) is 12.7. The Morgan fingerprint density at radius 2 is 2.19 bits per heavy atom. The first-order valence-corrected chi connectivity index (χ1v) is 7.10. The van der Waals surface area contributed by atoms with Crippen LogP contribution in [0.3, 0.4) is 0 Å². The number of aromatic nitrogens is 2. The first kappa shape index (κ1) is 15.1. The van der Waals surface area contributed by atoms with Crippen molar-refractivity contribution < 1.29 is 9.53 Å². The molecule has 0 saturated heterocycles. The first-order chi connectivity index (χ1) is 10.1. The van der Waals surface area contributed by atoms with E-state index in [-0.39, 0.29) is 5.91 Å². The molecular weight excluding hydrogens is 266 g/mol. The van der Waals surface area contributed by atoms with Gasteiger partial charge in [-0.2, -0.15) is 5.10 Å². The Hall–Kier alpha value is -2.30. The van der Waals surface area contributed by atoms with E-state index in [1.165, 1.54) is 0 Å². The van der Waals surface area contributed by atoms with Crippen LogP contribution in [0.5, 0.6) is 5.75 Å². The molecule has 2 rings (SSSR count). The van der Waals surface area contributed by atoms with E-state index >= 15 is 0 Å². The number of nitrogens with zero attached hydrogens (tertiary/aromatic N) is 2. The highest BCUT2D eigenvalue weighted by atomic mass is 16.5. The summed E-state index contributed by atoms with van der Waals surface area (Å²) < 4.78 is 7.15. The fourth-order valence-electron chi connectivity index (χ4n) is 2.04. The van der Waals surface area contributed by atoms with Gasteiger partial charge >= 0.3 is 0 Å². The largest absolute Gasteiger partial charge is 0.494 e. The van der Waals surface area contributed by atoms with E-state index in [1.807, 2.05) is 25.1 Å². The van der Waals surface area contributed by atoms with Gasteiger partial charge in [-0.3, -0.25) is 9.48 Å². The van der Waals surface area contributed by atoms with Gasteiger partial charge in [0.05, 0.1) is 6.61 Å². The molecule has 0 aliphatic rings. The summed E-state index contributed by atoms with van der Waals surface area (Å²) in [5, 5.41) is 6.89. The van der Waals surface area contributed by atoms with Gasteiger partial charge in [0.2, 0.25) is 0 Å². The van der Waals surface area contributed by atoms with Crippen LogP contribution in [-0.4, -0.2) is 22.3 Å². The van der Waals surface area contributed by atoms with Gasteiger partial charge in [-0.05, 0) is 42.7 Å². The second kappa shape index (κ2) is 6.92. The SMILES string of the molecule is CCCOc1ccc(CNC(=O)c2ccnn2C)c(C)c1. The van der Waals surface area contributed by atoms with Gasteiger partial charge in [-0.15, -0.1) is 0 Å². The summed E-state index contributed by atoms with van der Waals surface area (Å²) in [6.45, 7) is 5.31. The van der Waals surface area contributed by atoms with Crippen LogP contribution in [0.4, 0.5) is 0 Å². The average molecular weight is 287 g/mol. The van der Waals surface area contributed by atoms with Crippen LogP contribution in [0.1, 0.15) is 35.0 Å². The van der Waals surface area contributed by atoms with Crippen LogP contribution in [0.25, 0.3) is 0 Å². The Bertz CT molecular complexity index is 620. The molecule has 0 saturated carbocycles. The third-order valence-electron chi connectivity index (χ3n) is 3.28. The number of aryl methyl sites for hydroxylation is 2. The number of rotatable bonds is 6. The first-order valence-electron chi connectivity index (χ1n) is 7.10. The van der Waals surface area contributed by atoms with Gasteiger partial charge in [-0.25, -0.2) is 0 Å². The molecule has 0 radical (unpaired) electrons. The summed E-state index contributed by atoms with van der Waals surface area (Å²) in [6, 6.07) is 7.63. The Labute approximate surface area is 124 Å². The van der Waals surface area contributed by atoms with E-state index in [0.29, 0.717) is 12.2 Å². The summed E-state index contributed by atoms with van der Waals surface area (Å²) in [6.07, 6.45) is 2.60. The van der Waals surface area contributed by atoms with Crippen molar-refractivity contribution in [3.05, 3.63) is 47.3 Å². The van der Waals surface area contributed by atoms with Crippen molar-refractivity contribution in [2.24, 2.45) is 7.05 Å². The number of hydrogen-bond acceptors (Lipinski definition) is 3. The third kappa shape index (κ3) is 3.84. The standard InChI is InChI=1S/C16H21N3O2/c1-4-9-21-14-6-5-13(12(2)10-14)11-17-16(20)15-7-8-18-19(15)3/h5-8,10H,4,9,11H2,1-3H3,(H,17,20). The fourth-order valence-corrected chi connectivity index (χ4v) is 2.04. The summed E-state index contributed by atoms with van der Waals surface area (Å²) >= 11 is 0. The van der Waals surface area contributed by atoms with Crippen LogP contribution in [0, 0.1) is 6.92 Å². The zero-order valence-corrected chi connectivity index (χ0v) is 12.7. The highest BCUT2D eigenvalue weighted by Gasteiger charge is 2.10. The fraction of sp³-hybridized carbons (Fsp3) is 0.375. The normalized spacial score (nSPS) is 10.4. The van der Waals surface area contributed by atoms with Crippen LogP contribution < -0.4 is 10.1 Å². The molecule has 5 heteroatoms. The quantitative estimate of drug-likeness (QED) is 0.888. The van der Waals surface area contributed by atoms with E-state index < -0.39 is 0 Å². The van der Waals surface area contributed by atoms with Crippen LogP contribution in [0.2, 0.25) is 0 Å². The molecule has 0 atom stereocenters. The van der Waals surface area contributed by atoms with Crippen LogP contribution in [-0.2, 0) is 13.6 Å². The minimum Gasteiger partial charge on any atom is -0.494 e. The molecule has 1 aromatic heterocycles. The highest BCUT2D eigenvalue weighted by Crippen LogP contribution is 2.17. The predicted molar refractivity (Wildman–Crippen MR) is 81.3 cm³/mol. The molecule has 0 unspecified atom stereocenters. The molecule has 0 spiro atoms. The molecule has 21 heavy (non-hydrogen) atoms. The van der Waals surface area contributed by atoms with Gasteiger partial charge in [-0.1, -0.05) is 13.0 Å². The zero-order chi connectivity index (χ0) is 15.2. The number of hydrogen-bond donors (Lipinski definition) is 1. The highest BCUT2D eigenvalue weighted by molar-refractivity contribution is 5.92. The van der Waals surface area contributed by atoms with Gasteiger partial charge in [0.1, 0.15) is 11.4 Å². The van der Waals surface area contributed by atoms with E-state index in [9.17, 15) is 4.79 Å². The lowest BCUT2D eigenvalue weighted by atomic mass is 10.1. The molecule has 0 fully saturated rings. The number of ether oxygens (including phenoxy) is 1. The minimum absolute atomic E-state index is 0.124. The molecule has 112 valence electrons. The van der Waals surface area contributed by atoms with E-state index in [1.54, 1.807) is 24.0 Å². The molecule has 1 heterocycles. The summed E-state index contributed by atoms with van der Waals surface area (Å²) in [5.74, 6) is 0.747. The Morgan fingerprint density at radius 3 is 2.81 bits per heavy atom. The van der Waals surface area contributed by atoms with Gasteiger partial charge in [0, 0.05) is 19.8 Å². The van der Waals surface area contributed by atoms with Crippen LogP contribution >= 0.6 is 0 Å². The summed E-state index contributed by atoms with van der Waals surface area (Å²) in [4.78, 5) is 12.0. The summed E-state index contributed by atoms with van der Waals surface area (Å²) in [7, 11) is 1.75. The smallest absolute Gasteiger partial charge is 0.269 e. The second-order valence-electron chi connectivity index (χ2n) is 4.96. The lowest BCUT2D eigenvalue weighted by Crippen LogP contribution is -2.25. The number of amides is 1. The number of nitrogens with one attached hydrogen (secondary N) is 1. The molecule has 0 aliphatic carbocycles. The maximum Gasteiger partial charge on any atom is 0.269 e. The Balaban J connectivity index is 1.97. The van der Waals surface area contributed by atoms with E-state index in [4.69, 9.17) is 4.74 Å². The third-order valence-corrected chi connectivity index (χ3v) is 3.28. The van der Waals surface area contributed by atoms with Crippen molar-refractivity contribution in [1.82, 2.24) is 15.1 Å². The van der Waals surface area contributed by atoms with Gasteiger partial charge in [0.15, 0.2) is 0 Å². The van der Waals surface area contributed by atoms with Gasteiger partial charge in [0.25, 0.3) is 5.91 Å². The van der Waals surface area contributed by atoms with Crippen molar-refractivity contribution in [3.8, 4) is 5.75 Å². The number of carbonyl (C=O) groups excluding carboxylic acids is 1.